The van der Waals surface area contributed by atoms with Crippen LogP contribution < -0.4 is 10.5 Å². The van der Waals surface area contributed by atoms with Crippen LogP contribution in [0.2, 0.25) is 5.02 Å². The van der Waals surface area contributed by atoms with Crippen LogP contribution in [0.1, 0.15) is 11.1 Å². The second-order valence-corrected chi connectivity index (χ2v) is 6.58. The molecule has 0 atom stereocenters. The molecule has 0 radical (unpaired) electrons. The monoisotopic (exact) mass is 330 g/mol. The highest BCUT2D eigenvalue weighted by Gasteiger charge is 2.16. The summed E-state index contributed by atoms with van der Waals surface area (Å²) in [7, 11) is -3.66. The van der Waals surface area contributed by atoms with Crippen LogP contribution in [0.15, 0.2) is 46.1 Å². The Morgan fingerprint density at radius 3 is 2.70 bits per heavy atom. The van der Waals surface area contributed by atoms with Crippen molar-refractivity contribution in [1.82, 2.24) is 4.72 Å². The van der Waals surface area contributed by atoms with Gasteiger partial charge in [-0.25, -0.2) is 13.1 Å². The largest absolute Gasteiger partial charge is 0.472 e. The number of rotatable bonds is 5. The molecule has 0 aliphatic carbocycles. The summed E-state index contributed by atoms with van der Waals surface area (Å²) in [4.78, 5) is 0.163. The molecule has 0 unspecified atom stereocenters. The number of thiocarbonyl (C=S) groups is 1. The van der Waals surface area contributed by atoms with E-state index < -0.39 is 10.0 Å². The Labute approximate surface area is 126 Å². The predicted molar refractivity (Wildman–Crippen MR) is 80.1 cm³/mol. The zero-order valence-electron chi connectivity index (χ0n) is 10.2. The van der Waals surface area contributed by atoms with Crippen LogP contribution in [-0.2, 0) is 16.6 Å². The molecule has 0 saturated heterocycles. The first-order valence-electron chi connectivity index (χ1n) is 5.50. The number of sulfonamides is 1. The van der Waals surface area contributed by atoms with Gasteiger partial charge in [0.05, 0.1) is 22.4 Å². The molecule has 8 heteroatoms. The minimum absolute atomic E-state index is 0.0472. The van der Waals surface area contributed by atoms with E-state index in [9.17, 15) is 8.42 Å². The van der Waals surface area contributed by atoms with E-state index >= 15 is 0 Å². The van der Waals surface area contributed by atoms with Gasteiger partial charge in [-0.15, -0.1) is 0 Å². The molecule has 1 aromatic carbocycles. The minimum Gasteiger partial charge on any atom is -0.472 e. The smallest absolute Gasteiger partial charge is 0.240 e. The number of furan rings is 1. The highest BCUT2D eigenvalue weighted by Crippen LogP contribution is 2.21. The van der Waals surface area contributed by atoms with Gasteiger partial charge in [0.2, 0.25) is 10.0 Å². The van der Waals surface area contributed by atoms with E-state index in [-0.39, 0.29) is 21.5 Å². The molecular weight excluding hydrogens is 320 g/mol. The van der Waals surface area contributed by atoms with Crippen LogP contribution >= 0.6 is 23.8 Å². The molecular formula is C12H11ClN2O3S2. The maximum atomic E-state index is 12.1. The summed E-state index contributed by atoms with van der Waals surface area (Å²) < 4.78 is 31.5. The number of halogens is 1. The van der Waals surface area contributed by atoms with Gasteiger partial charge in [-0.1, -0.05) is 23.8 Å². The third kappa shape index (κ3) is 3.37. The lowest BCUT2D eigenvalue weighted by Crippen LogP contribution is -2.23. The second kappa shape index (κ2) is 5.92. The molecule has 106 valence electrons. The molecule has 1 aromatic heterocycles. The molecule has 3 N–H and O–H groups in total. The van der Waals surface area contributed by atoms with Gasteiger partial charge in [-0.05, 0) is 24.3 Å². The Balaban J connectivity index is 2.21. The average molecular weight is 331 g/mol. The van der Waals surface area contributed by atoms with E-state index in [1.54, 1.807) is 6.07 Å². The SMILES string of the molecule is NC(=S)c1ccc(S(=O)(=O)NCc2ccoc2)cc1Cl. The second-order valence-electron chi connectivity index (χ2n) is 3.96. The highest BCUT2D eigenvalue weighted by atomic mass is 35.5. The molecule has 5 nitrogen and oxygen atoms in total. The van der Waals surface area contributed by atoms with Crippen LogP contribution in [0.5, 0.6) is 0 Å². The van der Waals surface area contributed by atoms with Crippen molar-refractivity contribution in [3.05, 3.63) is 52.9 Å². The molecule has 0 amide bonds. The Kier molecular flexibility index (Phi) is 4.44. The van der Waals surface area contributed by atoms with Gasteiger partial charge >= 0.3 is 0 Å². The zero-order valence-corrected chi connectivity index (χ0v) is 12.6. The first kappa shape index (κ1) is 15.0. The molecule has 2 rings (SSSR count). The average Bonchev–Trinajstić information content (AvgIpc) is 2.89. The van der Waals surface area contributed by atoms with E-state index in [0.29, 0.717) is 5.56 Å². The number of nitrogens with one attached hydrogen (secondary N) is 1. The van der Waals surface area contributed by atoms with Gasteiger partial charge in [-0.2, -0.15) is 0 Å². The Morgan fingerprint density at radius 2 is 2.15 bits per heavy atom. The Morgan fingerprint density at radius 1 is 1.40 bits per heavy atom. The molecule has 0 spiro atoms. The van der Waals surface area contributed by atoms with Crippen molar-refractivity contribution in [2.45, 2.75) is 11.4 Å². The van der Waals surface area contributed by atoms with Crippen LogP contribution in [-0.4, -0.2) is 13.4 Å². The summed E-state index contributed by atoms with van der Waals surface area (Å²) in [5.74, 6) is 0. The molecule has 1 heterocycles. The fraction of sp³-hybridized carbons (Fsp3) is 0.0833. The summed E-state index contributed by atoms with van der Waals surface area (Å²) in [6.07, 6.45) is 2.93. The third-order valence-electron chi connectivity index (χ3n) is 2.56. The summed E-state index contributed by atoms with van der Waals surface area (Å²) >= 11 is 10.8. The molecule has 0 fully saturated rings. The molecule has 0 aliphatic heterocycles. The number of benzene rings is 1. The first-order chi connectivity index (χ1) is 9.40. The number of hydrogen-bond donors (Lipinski definition) is 2. The zero-order chi connectivity index (χ0) is 14.8. The van der Waals surface area contributed by atoms with Crippen LogP contribution in [0.3, 0.4) is 0 Å². The first-order valence-corrected chi connectivity index (χ1v) is 7.77. The fourth-order valence-corrected chi connectivity index (χ4v) is 3.14. The van der Waals surface area contributed by atoms with Crippen molar-refractivity contribution in [2.24, 2.45) is 5.73 Å². The van der Waals surface area contributed by atoms with Crippen molar-refractivity contribution in [3.63, 3.8) is 0 Å². The van der Waals surface area contributed by atoms with E-state index in [1.165, 1.54) is 30.7 Å². The van der Waals surface area contributed by atoms with E-state index in [2.05, 4.69) is 4.72 Å². The van der Waals surface area contributed by atoms with Crippen LogP contribution in [0.25, 0.3) is 0 Å². The third-order valence-corrected chi connectivity index (χ3v) is 4.49. The Bertz CT molecular complexity index is 727. The van der Waals surface area contributed by atoms with Gasteiger partial charge in [0, 0.05) is 17.7 Å². The van der Waals surface area contributed by atoms with Gasteiger partial charge in [0.25, 0.3) is 0 Å². The number of hydrogen-bond acceptors (Lipinski definition) is 4. The molecule has 0 saturated carbocycles. The summed E-state index contributed by atoms with van der Waals surface area (Å²) in [5.41, 5.74) is 6.63. The van der Waals surface area contributed by atoms with Crippen molar-refractivity contribution in [2.75, 3.05) is 0 Å². The van der Waals surface area contributed by atoms with Gasteiger partial charge < -0.3 is 10.2 Å². The number of nitrogens with two attached hydrogens (primary N) is 1. The van der Waals surface area contributed by atoms with Gasteiger partial charge in [0.1, 0.15) is 4.99 Å². The van der Waals surface area contributed by atoms with Crippen LogP contribution in [0, 0.1) is 0 Å². The lowest BCUT2D eigenvalue weighted by Gasteiger charge is -2.08. The fourth-order valence-electron chi connectivity index (χ4n) is 1.52. The van der Waals surface area contributed by atoms with E-state index in [0.717, 1.165) is 5.56 Å². The maximum Gasteiger partial charge on any atom is 0.240 e. The molecule has 0 aliphatic rings. The van der Waals surface area contributed by atoms with E-state index in [1.807, 2.05) is 0 Å². The Hall–Kier alpha value is -1.41. The maximum absolute atomic E-state index is 12.1. The quantitative estimate of drug-likeness (QED) is 0.819. The van der Waals surface area contributed by atoms with E-state index in [4.69, 9.17) is 34.0 Å². The topological polar surface area (TPSA) is 85.3 Å². The standard InChI is InChI=1S/C12H11ClN2O3S2/c13-11-5-9(1-2-10(11)12(14)19)20(16,17)15-6-8-3-4-18-7-8/h1-5,7,15H,6H2,(H2,14,19). The lowest BCUT2D eigenvalue weighted by molar-refractivity contribution is 0.561. The lowest BCUT2D eigenvalue weighted by atomic mass is 10.2. The highest BCUT2D eigenvalue weighted by molar-refractivity contribution is 7.89. The van der Waals surface area contributed by atoms with Crippen LogP contribution in [0.4, 0.5) is 0 Å². The van der Waals surface area contributed by atoms with Crippen molar-refractivity contribution in [3.8, 4) is 0 Å². The summed E-state index contributed by atoms with van der Waals surface area (Å²) in [6, 6.07) is 5.87. The van der Waals surface area contributed by atoms with Gasteiger partial charge in [0.15, 0.2) is 0 Å². The summed E-state index contributed by atoms with van der Waals surface area (Å²) in [6.45, 7) is 0.132. The predicted octanol–water partition coefficient (Wildman–Crippen LogP) is 2.05. The normalized spacial score (nSPS) is 11.4. The van der Waals surface area contributed by atoms with Crippen molar-refractivity contribution < 1.29 is 12.8 Å². The molecule has 20 heavy (non-hydrogen) atoms. The van der Waals surface area contributed by atoms with Crippen molar-refractivity contribution >= 4 is 38.8 Å². The molecule has 2 aromatic rings. The molecule has 0 bridgehead atoms. The minimum atomic E-state index is -3.66. The van der Waals surface area contributed by atoms with Gasteiger partial charge in [-0.3, -0.25) is 0 Å². The summed E-state index contributed by atoms with van der Waals surface area (Å²) in [5, 5.41) is 0.198. The van der Waals surface area contributed by atoms with Crippen molar-refractivity contribution in [1.29, 1.82) is 0 Å².